The normalized spacial score (nSPS) is 14.4. The zero-order chi connectivity index (χ0) is 17.5. The average molecular weight is 345 g/mol. The maximum absolute atomic E-state index is 5.89. The lowest BCUT2D eigenvalue weighted by Crippen LogP contribution is -2.37. The molecule has 1 aromatic heterocycles. The second kappa shape index (κ2) is 8.64. The Morgan fingerprint density at radius 2 is 1.92 bits per heavy atom. The van der Waals surface area contributed by atoms with Crippen molar-refractivity contribution in [2.45, 2.75) is 13.2 Å². The van der Waals surface area contributed by atoms with Gasteiger partial charge in [0.2, 0.25) is 11.8 Å². The van der Waals surface area contributed by atoms with E-state index in [1.807, 2.05) is 30.3 Å². The SMILES string of the molecule is COCc1cc(OCc2cccc(OC)c2)nc(N2CCOCC2)n1. The van der Waals surface area contributed by atoms with Gasteiger partial charge in [0, 0.05) is 26.3 Å². The first kappa shape index (κ1) is 17.4. The molecule has 25 heavy (non-hydrogen) atoms. The average Bonchev–Trinajstić information content (AvgIpc) is 2.67. The first-order chi connectivity index (χ1) is 12.3. The van der Waals surface area contributed by atoms with Crippen molar-refractivity contribution in [1.29, 1.82) is 0 Å². The number of ether oxygens (including phenoxy) is 4. The number of hydrogen-bond donors (Lipinski definition) is 0. The number of benzene rings is 1. The van der Waals surface area contributed by atoms with Crippen molar-refractivity contribution >= 4 is 5.95 Å². The Morgan fingerprint density at radius 1 is 1.08 bits per heavy atom. The molecule has 2 aromatic rings. The molecule has 1 saturated heterocycles. The van der Waals surface area contributed by atoms with Crippen molar-refractivity contribution in [2.75, 3.05) is 45.4 Å². The number of aromatic nitrogens is 2. The van der Waals surface area contributed by atoms with Gasteiger partial charge in [0.15, 0.2) is 0 Å². The Labute approximate surface area is 147 Å². The minimum absolute atomic E-state index is 0.406. The van der Waals surface area contributed by atoms with Crippen LogP contribution in [0.15, 0.2) is 30.3 Å². The minimum Gasteiger partial charge on any atom is -0.497 e. The molecule has 0 amide bonds. The second-order valence-corrected chi connectivity index (χ2v) is 5.67. The van der Waals surface area contributed by atoms with E-state index in [9.17, 15) is 0 Å². The van der Waals surface area contributed by atoms with Crippen LogP contribution in [-0.2, 0) is 22.7 Å². The Bertz CT molecular complexity index is 690. The fourth-order valence-corrected chi connectivity index (χ4v) is 2.58. The predicted molar refractivity (Wildman–Crippen MR) is 93.1 cm³/mol. The molecule has 0 spiro atoms. The molecule has 0 atom stereocenters. The maximum atomic E-state index is 5.89. The molecule has 1 fully saturated rings. The smallest absolute Gasteiger partial charge is 0.229 e. The van der Waals surface area contributed by atoms with Crippen LogP contribution in [-0.4, -0.2) is 50.5 Å². The van der Waals surface area contributed by atoms with Gasteiger partial charge in [0.05, 0.1) is 32.6 Å². The quantitative estimate of drug-likeness (QED) is 0.761. The summed E-state index contributed by atoms with van der Waals surface area (Å²) in [6.45, 7) is 3.71. The van der Waals surface area contributed by atoms with Crippen LogP contribution in [0.1, 0.15) is 11.3 Å². The standard InChI is InChI=1S/C18H23N3O4/c1-22-13-15-11-17(20-18(19-15)21-6-8-24-9-7-21)25-12-14-4-3-5-16(10-14)23-2/h3-5,10-11H,6-9,12-13H2,1-2H3. The van der Waals surface area contributed by atoms with Crippen molar-refractivity contribution in [3.63, 3.8) is 0 Å². The van der Waals surface area contributed by atoms with Crippen molar-refractivity contribution < 1.29 is 18.9 Å². The lowest BCUT2D eigenvalue weighted by atomic mass is 10.2. The summed E-state index contributed by atoms with van der Waals surface area (Å²) in [4.78, 5) is 11.2. The first-order valence-electron chi connectivity index (χ1n) is 8.24. The summed E-state index contributed by atoms with van der Waals surface area (Å²) in [7, 11) is 3.29. The molecule has 1 aliphatic rings. The molecule has 7 nitrogen and oxygen atoms in total. The molecule has 7 heteroatoms. The number of anilines is 1. The van der Waals surface area contributed by atoms with Gasteiger partial charge in [-0.25, -0.2) is 4.98 Å². The molecule has 0 N–H and O–H groups in total. The van der Waals surface area contributed by atoms with Gasteiger partial charge in [0.1, 0.15) is 12.4 Å². The third kappa shape index (κ3) is 4.80. The summed E-state index contributed by atoms with van der Waals surface area (Å²) in [6, 6.07) is 9.59. The fourth-order valence-electron chi connectivity index (χ4n) is 2.58. The Balaban J connectivity index is 1.75. The molecule has 0 bridgehead atoms. The van der Waals surface area contributed by atoms with E-state index in [0.717, 1.165) is 30.1 Å². The van der Waals surface area contributed by atoms with Gasteiger partial charge < -0.3 is 23.8 Å². The molecule has 1 aromatic carbocycles. The highest BCUT2D eigenvalue weighted by atomic mass is 16.5. The summed E-state index contributed by atoms with van der Waals surface area (Å²) in [5.74, 6) is 1.99. The number of nitrogens with zero attached hydrogens (tertiary/aromatic N) is 3. The van der Waals surface area contributed by atoms with E-state index in [4.69, 9.17) is 18.9 Å². The molecule has 3 rings (SSSR count). The third-order valence-corrected chi connectivity index (χ3v) is 3.85. The van der Waals surface area contributed by atoms with Crippen LogP contribution >= 0.6 is 0 Å². The molecule has 0 unspecified atom stereocenters. The lowest BCUT2D eigenvalue weighted by Gasteiger charge is -2.27. The van der Waals surface area contributed by atoms with E-state index in [1.165, 1.54) is 0 Å². The topological polar surface area (TPSA) is 65.9 Å². The summed E-state index contributed by atoms with van der Waals surface area (Å²) in [5.41, 5.74) is 1.80. The van der Waals surface area contributed by atoms with Crippen LogP contribution in [0.5, 0.6) is 11.6 Å². The molecule has 134 valence electrons. The predicted octanol–water partition coefficient (Wildman–Crippen LogP) is 2.05. The van der Waals surface area contributed by atoms with Gasteiger partial charge in [-0.05, 0) is 17.7 Å². The van der Waals surface area contributed by atoms with Crippen molar-refractivity contribution in [2.24, 2.45) is 0 Å². The summed E-state index contributed by atoms with van der Waals surface area (Å²) >= 11 is 0. The maximum Gasteiger partial charge on any atom is 0.229 e. The van der Waals surface area contributed by atoms with Crippen LogP contribution in [0.4, 0.5) is 5.95 Å². The Kier molecular flexibility index (Phi) is 6.03. The van der Waals surface area contributed by atoms with Crippen LogP contribution in [0, 0.1) is 0 Å². The van der Waals surface area contributed by atoms with Crippen LogP contribution in [0.25, 0.3) is 0 Å². The van der Waals surface area contributed by atoms with E-state index in [1.54, 1.807) is 14.2 Å². The monoisotopic (exact) mass is 345 g/mol. The van der Waals surface area contributed by atoms with E-state index in [2.05, 4.69) is 14.9 Å². The number of rotatable bonds is 7. The first-order valence-corrected chi connectivity index (χ1v) is 8.24. The zero-order valence-corrected chi connectivity index (χ0v) is 14.6. The van der Waals surface area contributed by atoms with Gasteiger partial charge in [0.25, 0.3) is 0 Å². The van der Waals surface area contributed by atoms with Crippen molar-refractivity contribution in [3.8, 4) is 11.6 Å². The summed E-state index contributed by atoms with van der Waals surface area (Å²) < 4.78 is 21.7. The molecule has 0 radical (unpaired) electrons. The summed E-state index contributed by atoms with van der Waals surface area (Å²) in [5, 5.41) is 0. The van der Waals surface area contributed by atoms with Gasteiger partial charge in [-0.2, -0.15) is 4.98 Å². The van der Waals surface area contributed by atoms with E-state index in [0.29, 0.717) is 38.3 Å². The van der Waals surface area contributed by atoms with E-state index in [-0.39, 0.29) is 0 Å². The zero-order valence-electron chi connectivity index (χ0n) is 14.6. The fraction of sp³-hybridized carbons (Fsp3) is 0.444. The van der Waals surface area contributed by atoms with Crippen LogP contribution in [0.3, 0.4) is 0 Å². The molecular formula is C18H23N3O4. The van der Waals surface area contributed by atoms with E-state index >= 15 is 0 Å². The molecule has 2 heterocycles. The molecule has 0 saturated carbocycles. The highest BCUT2D eigenvalue weighted by Gasteiger charge is 2.16. The molecular weight excluding hydrogens is 322 g/mol. The molecule has 0 aliphatic carbocycles. The highest BCUT2D eigenvalue weighted by molar-refractivity contribution is 5.35. The van der Waals surface area contributed by atoms with Gasteiger partial charge in [-0.15, -0.1) is 0 Å². The summed E-state index contributed by atoms with van der Waals surface area (Å²) in [6.07, 6.45) is 0. The Hall–Kier alpha value is -2.38. The molecule has 1 aliphatic heterocycles. The van der Waals surface area contributed by atoms with Crippen molar-refractivity contribution in [3.05, 3.63) is 41.6 Å². The number of morpholine rings is 1. The Morgan fingerprint density at radius 3 is 2.68 bits per heavy atom. The largest absolute Gasteiger partial charge is 0.497 e. The number of hydrogen-bond acceptors (Lipinski definition) is 7. The minimum atomic E-state index is 0.406. The van der Waals surface area contributed by atoms with Gasteiger partial charge in [-0.1, -0.05) is 12.1 Å². The van der Waals surface area contributed by atoms with Crippen LogP contribution < -0.4 is 14.4 Å². The lowest BCUT2D eigenvalue weighted by molar-refractivity contribution is 0.121. The number of methoxy groups -OCH3 is 2. The van der Waals surface area contributed by atoms with Gasteiger partial charge in [-0.3, -0.25) is 0 Å². The van der Waals surface area contributed by atoms with E-state index < -0.39 is 0 Å². The third-order valence-electron chi connectivity index (χ3n) is 3.85. The van der Waals surface area contributed by atoms with Gasteiger partial charge >= 0.3 is 0 Å². The van der Waals surface area contributed by atoms with Crippen LogP contribution in [0.2, 0.25) is 0 Å². The van der Waals surface area contributed by atoms with Crippen molar-refractivity contribution in [1.82, 2.24) is 9.97 Å². The second-order valence-electron chi connectivity index (χ2n) is 5.67. The highest BCUT2D eigenvalue weighted by Crippen LogP contribution is 2.20.